The zero-order valence-electron chi connectivity index (χ0n) is 15.2. The standard InChI is InChI=1S/C21H18N4O3/c1-13(26)15-8-5-9-16(10-15)22-21(28)18-12-20(27)23-19-11-17(24-25(18)19)14-6-3-2-4-7-14/h2-11,18H,12H2,1H3,(H,22,28)(H,23,27). The van der Waals surface area contributed by atoms with Gasteiger partial charge in [0, 0.05) is 22.9 Å². The lowest BCUT2D eigenvalue weighted by Gasteiger charge is -2.23. The Morgan fingerprint density at radius 2 is 1.89 bits per heavy atom. The summed E-state index contributed by atoms with van der Waals surface area (Å²) in [5, 5.41) is 10.1. The quantitative estimate of drug-likeness (QED) is 0.686. The molecule has 0 saturated heterocycles. The average molecular weight is 374 g/mol. The molecule has 1 atom stereocenters. The summed E-state index contributed by atoms with van der Waals surface area (Å²) in [6, 6.07) is 17.2. The van der Waals surface area contributed by atoms with Crippen LogP contribution in [0.25, 0.3) is 11.3 Å². The number of benzene rings is 2. The molecule has 3 aromatic rings. The highest BCUT2D eigenvalue weighted by atomic mass is 16.2. The fourth-order valence-corrected chi connectivity index (χ4v) is 3.18. The van der Waals surface area contributed by atoms with Crippen LogP contribution in [0.15, 0.2) is 60.7 Å². The van der Waals surface area contributed by atoms with Crippen LogP contribution < -0.4 is 10.6 Å². The van der Waals surface area contributed by atoms with E-state index in [9.17, 15) is 14.4 Å². The van der Waals surface area contributed by atoms with Gasteiger partial charge in [0.2, 0.25) is 11.8 Å². The van der Waals surface area contributed by atoms with Crippen molar-refractivity contribution >= 4 is 29.1 Å². The maximum atomic E-state index is 12.9. The molecule has 1 aromatic heterocycles. The molecule has 2 amide bonds. The van der Waals surface area contributed by atoms with Crippen molar-refractivity contribution in [3.63, 3.8) is 0 Å². The minimum absolute atomic E-state index is 0.0128. The summed E-state index contributed by atoms with van der Waals surface area (Å²) in [4.78, 5) is 36.5. The topological polar surface area (TPSA) is 93.1 Å². The van der Waals surface area contributed by atoms with E-state index in [-0.39, 0.29) is 24.0 Å². The first-order chi connectivity index (χ1) is 13.5. The van der Waals surface area contributed by atoms with E-state index in [0.29, 0.717) is 22.8 Å². The third kappa shape index (κ3) is 3.42. The molecule has 0 aliphatic carbocycles. The fourth-order valence-electron chi connectivity index (χ4n) is 3.18. The van der Waals surface area contributed by atoms with Gasteiger partial charge in [-0.05, 0) is 19.1 Å². The second-order valence-corrected chi connectivity index (χ2v) is 6.62. The number of rotatable bonds is 4. The van der Waals surface area contributed by atoms with Crippen molar-refractivity contribution in [2.75, 3.05) is 10.6 Å². The molecule has 4 rings (SSSR count). The molecule has 1 aliphatic rings. The minimum atomic E-state index is -0.776. The molecular weight excluding hydrogens is 356 g/mol. The van der Waals surface area contributed by atoms with Gasteiger partial charge in [-0.25, -0.2) is 4.68 Å². The third-order valence-electron chi connectivity index (χ3n) is 4.59. The molecule has 7 heteroatoms. The van der Waals surface area contributed by atoms with Gasteiger partial charge < -0.3 is 10.6 Å². The number of nitrogens with zero attached hydrogens (tertiary/aromatic N) is 2. The second-order valence-electron chi connectivity index (χ2n) is 6.62. The van der Waals surface area contributed by atoms with Gasteiger partial charge in [-0.15, -0.1) is 0 Å². The van der Waals surface area contributed by atoms with Gasteiger partial charge in [0.25, 0.3) is 0 Å². The number of nitrogens with one attached hydrogen (secondary N) is 2. The number of carbonyl (C=O) groups is 3. The number of fused-ring (bicyclic) bond motifs is 1. The molecule has 2 aromatic carbocycles. The lowest BCUT2D eigenvalue weighted by atomic mass is 10.1. The summed E-state index contributed by atoms with van der Waals surface area (Å²) in [6.45, 7) is 1.47. The van der Waals surface area contributed by atoms with Crippen LogP contribution in [0.4, 0.5) is 11.5 Å². The number of Topliss-reactive ketones (excluding diaryl/α,β-unsaturated/α-hetero) is 1. The van der Waals surface area contributed by atoms with Crippen LogP contribution in [-0.4, -0.2) is 27.4 Å². The monoisotopic (exact) mass is 374 g/mol. The summed E-state index contributed by atoms with van der Waals surface area (Å²) in [5.74, 6) is -0.216. The number of ketones is 1. The Bertz CT molecular complexity index is 1070. The average Bonchev–Trinajstić information content (AvgIpc) is 3.12. The maximum Gasteiger partial charge on any atom is 0.249 e. The molecule has 0 fully saturated rings. The summed E-state index contributed by atoms with van der Waals surface area (Å²) in [6.07, 6.45) is -0.0128. The van der Waals surface area contributed by atoms with Gasteiger partial charge in [0.05, 0.1) is 12.1 Å². The van der Waals surface area contributed by atoms with Gasteiger partial charge in [-0.2, -0.15) is 5.10 Å². The Morgan fingerprint density at radius 1 is 1.11 bits per heavy atom. The predicted molar refractivity (Wildman–Crippen MR) is 105 cm³/mol. The van der Waals surface area contributed by atoms with Gasteiger partial charge in [-0.3, -0.25) is 14.4 Å². The smallest absolute Gasteiger partial charge is 0.249 e. The molecule has 2 heterocycles. The highest BCUT2D eigenvalue weighted by Gasteiger charge is 2.32. The minimum Gasteiger partial charge on any atom is -0.324 e. The molecule has 0 bridgehead atoms. The van der Waals surface area contributed by atoms with E-state index in [1.54, 1.807) is 30.3 Å². The van der Waals surface area contributed by atoms with E-state index < -0.39 is 6.04 Å². The molecule has 2 N–H and O–H groups in total. The molecule has 7 nitrogen and oxygen atoms in total. The Hall–Kier alpha value is -3.74. The molecule has 0 spiro atoms. The molecular formula is C21H18N4O3. The van der Waals surface area contributed by atoms with Crippen molar-refractivity contribution < 1.29 is 14.4 Å². The number of aromatic nitrogens is 2. The maximum absolute atomic E-state index is 12.9. The van der Waals surface area contributed by atoms with Crippen LogP contribution in [0.3, 0.4) is 0 Å². The molecule has 28 heavy (non-hydrogen) atoms. The first-order valence-corrected chi connectivity index (χ1v) is 8.88. The number of hydrogen-bond donors (Lipinski definition) is 2. The van der Waals surface area contributed by atoms with Crippen LogP contribution in [0.1, 0.15) is 29.7 Å². The zero-order chi connectivity index (χ0) is 19.7. The van der Waals surface area contributed by atoms with E-state index in [1.807, 2.05) is 30.3 Å². The zero-order valence-corrected chi connectivity index (χ0v) is 15.2. The van der Waals surface area contributed by atoms with Crippen molar-refractivity contribution in [3.05, 3.63) is 66.2 Å². The van der Waals surface area contributed by atoms with E-state index >= 15 is 0 Å². The van der Waals surface area contributed by atoms with Crippen LogP contribution >= 0.6 is 0 Å². The number of amides is 2. The summed E-state index contributed by atoms with van der Waals surface area (Å²) >= 11 is 0. The molecule has 1 aliphatic heterocycles. The number of carbonyl (C=O) groups excluding carboxylic acids is 3. The van der Waals surface area contributed by atoms with Crippen molar-refractivity contribution in [2.45, 2.75) is 19.4 Å². The third-order valence-corrected chi connectivity index (χ3v) is 4.59. The molecule has 1 unspecified atom stereocenters. The Labute approximate surface area is 161 Å². The molecule has 0 saturated carbocycles. The lowest BCUT2D eigenvalue weighted by molar-refractivity contribution is -0.125. The number of anilines is 2. The van der Waals surface area contributed by atoms with Crippen LogP contribution in [0.5, 0.6) is 0 Å². The van der Waals surface area contributed by atoms with Gasteiger partial charge in [0.1, 0.15) is 11.9 Å². The van der Waals surface area contributed by atoms with E-state index in [1.165, 1.54) is 11.6 Å². The Morgan fingerprint density at radius 3 is 2.64 bits per heavy atom. The second kappa shape index (κ2) is 7.11. The molecule has 0 radical (unpaired) electrons. The summed E-state index contributed by atoms with van der Waals surface area (Å²) in [7, 11) is 0. The highest BCUT2D eigenvalue weighted by molar-refractivity contribution is 6.02. The number of hydrogen-bond acceptors (Lipinski definition) is 4. The SMILES string of the molecule is CC(=O)c1cccc(NC(=O)C2CC(=O)Nc3cc(-c4ccccc4)nn32)c1. The van der Waals surface area contributed by atoms with E-state index in [2.05, 4.69) is 15.7 Å². The first-order valence-electron chi connectivity index (χ1n) is 8.88. The summed E-state index contributed by atoms with van der Waals surface area (Å²) in [5.41, 5.74) is 2.58. The first kappa shape index (κ1) is 17.7. The van der Waals surface area contributed by atoms with Crippen LogP contribution in [-0.2, 0) is 9.59 Å². The van der Waals surface area contributed by atoms with Crippen molar-refractivity contribution in [1.29, 1.82) is 0 Å². The van der Waals surface area contributed by atoms with Crippen LogP contribution in [0.2, 0.25) is 0 Å². The summed E-state index contributed by atoms with van der Waals surface area (Å²) < 4.78 is 1.54. The van der Waals surface area contributed by atoms with Gasteiger partial charge in [-0.1, -0.05) is 42.5 Å². The highest BCUT2D eigenvalue weighted by Crippen LogP contribution is 2.30. The van der Waals surface area contributed by atoms with Crippen molar-refractivity contribution in [2.24, 2.45) is 0 Å². The fraction of sp³-hybridized carbons (Fsp3) is 0.143. The molecule has 140 valence electrons. The van der Waals surface area contributed by atoms with Crippen molar-refractivity contribution in [1.82, 2.24) is 9.78 Å². The Kier molecular flexibility index (Phi) is 4.49. The van der Waals surface area contributed by atoms with E-state index in [0.717, 1.165) is 5.56 Å². The van der Waals surface area contributed by atoms with Gasteiger partial charge in [0.15, 0.2) is 5.78 Å². The lowest BCUT2D eigenvalue weighted by Crippen LogP contribution is -2.35. The Balaban J connectivity index is 1.63. The van der Waals surface area contributed by atoms with E-state index in [4.69, 9.17) is 0 Å². The normalized spacial score (nSPS) is 15.5. The van der Waals surface area contributed by atoms with Crippen LogP contribution in [0, 0.1) is 0 Å². The van der Waals surface area contributed by atoms with Crippen molar-refractivity contribution in [3.8, 4) is 11.3 Å². The van der Waals surface area contributed by atoms with Gasteiger partial charge >= 0.3 is 0 Å². The largest absolute Gasteiger partial charge is 0.324 e. The predicted octanol–water partition coefficient (Wildman–Crippen LogP) is 3.27.